The van der Waals surface area contributed by atoms with Crippen LogP contribution in [0, 0.1) is 0 Å². The van der Waals surface area contributed by atoms with Crippen LogP contribution in [0.4, 0.5) is 0 Å². The molecule has 0 aromatic rings. The van der Waals surface area contributed by atoms with Crippen LogP contribution in [-0.2, 0) is 18.6 Å². The van der Waals surface area contributed by atoms with E-state index in [1.807, 2.05) is 0 Å². The lowest BCUT2D eigenvalue weighted by molar-refractivity contribution is -0.153. The summed E-state index contributed by atoms with van der Waals surface area (Å²) in [7, 11) is -4.63. The van der Waals surface area contributed by atoms with Crippen LogP contribution in [-0.4, -0.2) is 40.2 Å². The fraction of sp³-hybridized carbons (Fsp3) is 0.952. The van der Waals surface area contributed by atoms with E-state index in [4.69, 9.17) is 19.6 Å². The van der Waals surface area contributed by atoms with Crippen molar-refractivity contribution in [1.82, 2.24) is 0 Å². The number of esters is 1. The van der Waals surface area contributed by atoms with Gasteiger partial charge in [-0.05, 0) is 6.42 Å². The van der Waals surface area contributed by atoms with Crippen LogP contribution in [0.15, 0.2) is 0 Å². The molecule has 3 N–H and O–H groups in total. The lowest BCUT2D eigenvalue weighted by Crippen LogP contribution is -2.26. The predicted molar refractivity (Wildman–Crippen MR) is 115 cm³/mol. The highest BCUT2D eigenvalue weighted by molar-refractivity contribution is 7.46. The minimum atomic E-state index is -4.63. The molecule has 0 aliphatic rings. The molecule has 0 aromatic heterocycles. The third-order valence-electron chi connectivity index (χ3n) is 4.91. The Morgan fingerprint density at radius 1 is 0.793 bits per heavy atom. The van der Waals surface area contributed by atoms with Crippen LogP contribution in [0.2, 0.25) is 0 Å². The van der Waals surface area contributed by atoms with Gasteiger partial charge in [-0.25, -0.2) is 4.57 Å². The standard InChI is InChI=1S/C21H43O7P/c1-2-3-4-5-6-7-8-9-10-11-12-13-14-15-16-17-21(23)28-20(18-22)19-27-29(24,25)26/h20,22H,2-19H2,1H3,(H2,24,25,26). The molecule has 0 saturated heterocycles. The van der Waals surface area contributed by atoms with Crippen molar-refractivity contribution in [1.29, 1.82) is 0 Å². The Morgan fingerprint density at radius 3 is 1.59 bits per heavy atom. The molecule has 0 spiro atoms. The lowest BCUT2D eigenvalue weighted by Gasteiger charge is -2.15. The number of phosphoric ester groups is 1. The van der Waals surface area contributed by atoms with Crippen LogP contribution >= 0.6 is 7.82 Å². The maximum atomic E-state index is 11.7. The lowest BCUT2D eigenvalue weighted by atomic mass is 10.0. The zero-order chi connectivity index (χ0) is 21.8. The number of aliphatic hydroxyl groups excluding tert-OH is 1. The Labute approximate surface area is 176 Å². The van der Waals surface area contributed by atoms with Gasteiger partial charge in [0.25, 0.3) is 0 Å². The SMILES string of the molecule is CCCCCCCCCCCCCCCCCC(=O)OC(CO)COP(=O)(O)O. The largest absolute Gasteiger partial charge is 0.469 e. The molecule has 1 atom stereocenters. The van der Waals surface area contributed by atoms with Crippen molar-refractivity contribution in [2.45, 2.75) is 116 Å². The first-order valence-corrected chi connectivity index (χ1v) is 12.9. The molecule has 0 radical (unpaired) electrons. The third-order valence-corrected chi connectivity index (χ3v) is 5.40. The van der Waals surface area contributed by atoms with Crippen LogP contribution in [0.5, 0.6) is 0 Å². The molecule has 174 valence electrons. The zero-order valence-corrected chi connectivity index (χ0v) is 19.1. The molecule has 7 nitrogen and oxygen atoms in total. The van der Waals surface area contributed by atoms with Crippen molar-refractivity contribution < 1.29 is 33.5 Å². The Bertz CT molecular complexity index is 425. The normalized spacial score (nSPS) is 12.8. The summed E-state index contributed by atoms with van der Waals surface area (Å²) in [5, 5.41) is 9.07. The van der Waals surface area contributed by atoms with E-state index in [9.17, 15) is 9.36 Å². The molecule has 0 bridgehead atoms. The van der Waals surface area contributed by atoms with Gasteiger partial charge in [0, 0.05) is 6.42 Å². The van der Waals surface area contributed by atoms with E-state index in [2.05, 4.69) is 11.4 Å². The van der Waals surface area contributed by atoms with Crippen molar-refractivity contribution in [3.05, 3.63) is 0 Å². The van der Waals surface area contributed by atoms with E-state index >= 15 is 0 Å². The molecule has 0 aliphatic heterocycles. The van der Waals surface area contributed by atoms with Crippen LogP contribution in [0.25, 0.3) is 0 Å². The number of unbranched alkanes of at least 4 members (excludes halogenated alkanes) is 14. The maximum absolute atomic E-state index is 11.7. The second-order valence-corrected chi connectivity index (χ2v) is 9.02. The van der Waals surface area contributed by atoms with E-state index in [1.54, 1.807) is 0 Å². The number of hydrogen-bond donors (Lipinski definition) is 3. The van der Waals surface area contributed by atoms with Gasteiger partial charge < -0.3 is 19.6 Å². The second kappa shape index (κ2) is 19.5. The van der Waals surface area contributed by atoms with E-state index in [-0.39, 0.29) is 6.42 Å². The van der Waals surface area contributed by atoms with Gasteiger partial charge in [-0.15, -0.1) is 0 Å². The Kier molecular flexibility index (Phi) is 19.2. The molecule has 0 heterocycles. The first-order chi connectivity index (χ1) is 13.9. The molecule has 29 heavy (non-hydrogen) atoms. The zero-order valence-electron chi connectivity index (χ0n) is 18.2. The number of ether oxygens (including phenoxy) is 1. The number of phosphoric acid groups is 1. The van der Waals surface area contributed by atoms with Crippen molar-refractivity contribution >= 4 is 13.8 Å². The van der Waals surface area contributed by atoms with Gasteiger partial charge >= 0.3 is 13.8 Å². The van der Waals surface area contributed by atoms with Gasteiger partial charge in [0.1, 0.15) is 6.10 Å². The molecule has 0 aliphatic carbocycles. The quantitative estimate of drug-likeness (QED) is 0.127. The first kappa shape index (κ1) is 28.5. The van der Waals surface area contributed by atoms with Gasteiger partial charge in [0.05, 0.1) is 13.2 Å². The van der Waals surface area contributed by atoms with Crippen molar-refractivity contribution in [3.63, 3.8) is 0 Å². The Balaban J connectivity index is 3.41. The summed E-state index contributed by atoms with van der Waals surface area (Å²) in [5.41, 5.74) is 0. The summed E-state index contributed by atoms with van der Waals surface area (Å²) in [4.78, 5) is 28.9. The highest BCUT2D eigenvalue weighted by Crippen LogP contribution is 2.35. The second-order valence-electron chi connectivity index (χ2n) is 7.78. The van der Waals surface area contributed by atoms with Crippen molar-refractivity contribution in [2.75, 3.05) is 13.2 Å². The molecular formula is C21H43O7P. The van der Waals surface area contributed by atoms with Gasteiger partial charge in [-0.2, -0.15) is 0 Å². The van der Waals surface area contributed by atoms with Crippen LogP contribution in [0.3, 0.4) is 0 Å². The number of carbonyl (C=O) groups is 1. The fourth-order valence-corrected chi connectivity index (χ4v) is 3.55. The van der Waals surface area contributed by atoms with E-state index in [0.29, 0.717) is 6.42 Å². The highest BCUT2D eigenvalue weighted by atomic mass is 31.2. The molecule has 8 heteroatoms. The molecule has 0 fully saturated rings. The summed E-state index contributed by atoms with van der Waals surface area (Å²) < 4.78 is 19.8. The maximum Gasteiger partial charge on any atom is 0.469 e. The van der Waals surface area contributed by atoms with E-state index in [1.165, 1.54) is 77.0 Å². The minimum Gasteiger partial charge on any atom is -0.457 e. The Hall–Kier alpha value is -0.460. The summed E-state index contributed by atoms with van der Waals surface area (Å²) >= 11 is 0. The monoisotopic (exact) mass is 438 g/mol. The first-order valence-electron chi connectivity index (χ1n) is 11.4. The summed E-state index contributed by atoms with van der Waals surface area (Å²) in [6, 6.07) is 0. The van der Waals surface area contributed by atoms with Crippen molar-refractivity contribution in [2.24, 2.45) is 0 Å². The molecule has 0 rings (SSSR count). The van der Waals surface area contributed by atoms with E-state index in [0.717, 1.165) is 12.8 Å². The summed E-state index contributed by atoms with van der Waals surface area (Å²) in [6.45, 7) is 1.19. The summed E-state index contributed by atoms with van der Waals surface area (Å²) in [6.07, 6.45) is 17.9. The number of rotatable bonds is 21. The molecule has 0 aromatic carbocycles. The molecular weight excluding hydrogens is 395 g/mol. The van der Waals surface area contributed by atoms with Gasteiger partial charge in [0.15, 0.2) is 0 Å². The topological polar surface area (TPSA) is 113 Å². The van der Waals surface area contributed by atoms with Gasteiger partial charge in [-0.1, -0.05) is 96.8 Å². The number of aliphatic hydroxyl groups is 1. The van der Waals surface area contributed by atoms with Crippen LogP contribution < -0.4 is 0 Å². The van der Waals surface area contributed by atoms with Crippen LogP contribution in [0.1, 0.15) is 110 Å². The molecule has 1 unspecified atom stereocenters. The van der Waals surface area contributed by atoms with Gasteiger partial charge in [-0.3, -0.25) is 9.32 Å². The van der Waals surface area contributed by atoms with E-state index < -0.39 is 33.1 Å². The molecule has 0 amide bonds. The van der Waals surface area contributed by atoms with Gasteiger partial charge in [0.2, 0.25) is 0 Å². The number of hydrogen-bond acceptors (Lipinski definition) is 5. The number of carbonyl (C=O) groups excluding carboxylic acids is 1. The minimum absolute atomic E-state index is 0.241. The summed E-state index contributed by atoms with van der Waals surface area (Å²) in [5.74, 6) is -0.479. The Morgan fingerprint density at radius 2 is 1.21 bits per heavy atom. The van der Waals surface area contributed by atoms with Crippen molar-refractivity contribution in [3.8, 4) is 0 Å². The average molecular weight is 439 g/mol. The molecule has 0 saturated carbocycles. The highest BCUT2D eigenvalue weighted by Gasteiger charge is 2.20. The third kappa shape index (κ3) is 22.1. The average Bonchev–Trinajstić information content (AvgIpc) is 2.67. The smallest absolute Gasteiger partial charge is 0.457 e. The predicted octanol–water partition coefficient (Wildman–Crippen LogP) is 5.26. The fourth-order valence-electron chi connectivity index (χ4n) is 3.19.